The SMILES string of the molecule is O=C(OCc1ccc(OC(CCOC2CCCCO2)[N+](=O)[O-])cc1)Oc1ccc([N+](=O)[O-])cc1. The lowest BCUT2D eigenvalue weighted by Gasteiger charge is -2.22. The summed E-state index contributed by atoms with van der Waals surface area (Å²) in [5.74, 6) is 0.386. The summed E-state index contributed by atoms with van der Waals surface area (Å²) in [4.78, 5) is 32.7. The van der Waals surface area contributed by atoms with Crippen molar-refractivity contribution < 1.29 is 38.3 Å². The molecule has 2 aromatic carbocycles. The van der Waals surface area contributed by atoms with E-state index in [2.05, 4.69) is 0 Å². The minimum atomic E-state index is -1.28. The Hall–Kier alpha value is -3.77. The second-order valence-electron chi connectivity index (χ2n) is 7.35. The van der Waals surface area contributed by atoms with Crippen molar-refractivity contribution in [1.29, 1.82) is 0 Å². The van der Waals surface area contributed by atoms with Crippen LogP contribution < -0.4 is 9.47 Å². The Morgan fingerprint density at radius 3 is 2.35 bits per heavy atom. The number of nitrogens with zero attached hydrogens (tertiary/aromatic N) is 2. The van der Waals surface area contributed by atoms with Crippen LogP contribution in [-0.2, 0) is 20.8 Å². The van der Waals surface area contributed by atoms with Crippen LogP contribution in [0.1, 0.15) is 31.2 Å². The number of nitro benzene ring substituents is 1. The van der Waals surface area contributed by atoms with Gasteiger partial charge >= 0.3 is 12.4 Å². The highest BCUT2D eigenvalue weighted by molar-refractivity contribution is 5.64. The van der Waals surface area contributed by atoms with E-state index in [4.69, 9.17) is 23.7 Å². The number of benzene rings is 2. The zero-order valence-corrected chi connectivity index (χ0v) is 18.2. The van der Waals surface area contributed by atoms with E-state index in [-0.39, 0.29) is 43.1 Å². The second-order valence-corrected chi connectivity index (χ2v) is 7.35. The van der Waals surface area contributed by atoms with Crippen LogP contribution in [0.25, 0.3) is 0 Å². The first kappa shape index (κ1) is 24.9. The summed E-state index contributed by atoms with van der Waals surface area (Å²) in [7, 11) is 0. The molecule has 0 spiro atoms. The summed E-state index contributed by atoms with van der Waals surface area (Å²) in [6, 6.07) is 11.2. The molecule has 0 aromatic heterocycles. The molecule has 1 aliphatic heterocycles. The molecule has 0 aliphatic carbocycles. The average Bonchev–Trinajstić information content (AvgIpc) is 2.84. The van der Waals surface area contributed by atoms with Gasteiger partial charge in [0, 0.05) is 18.7 Å². The third kappa shape index (κ3) is 7.98. The van der Waals surface area contributed by atoms with Gasteiger partial charge in [0.05, 0.1) is 22.9 Å². The molecule has 1 heterocycles. The van der Waals surface area contributed by atoms with Crippen LogP contribution in [0.3, 0.4) is 0 Å². The van der Waals surface area contributed by atoms with Crippen LogP contribution in [0, 0.1) is 20.2 Å². The Balaban J connectivity index is 1.42. The maximum absolute atomic E-state index is 11.8. The predicted molar refractivity (Wildman–Crippen MR) is 116 cm³/mol. The number of non-ortho nitro benzene ring substituents is 1. The second kappa shape index (κ2) is 12.5. The average molecular weight is 476 g/mol. The molecule has 2 atom stereocenters. The van der Waals surface area contributed by atoms with Crippen LogP contribution in [0.2, 0.25) is 0 Å². The van der Waals surface area contributed by atoms with Gasteiger partial charge in [-0.25, -0.2) is 4.79 Å². The van der Waals surface area contributed by atoms with Gasteiger partial charge in [0.25, 0.3) is 5.69 Å². The van der Waals surface area contributed by atoms with Crippen molar-refractivity contribution in [3.8, 4) is 11.5 Å². The zero-order chi connectivity index (χ0) is 24.3. The fraction of sp³-hybridized carbons (Fsp3) is 0.409. The summed E-state index contributed by atoms with van der Waals surface area (Å²) in [6.07, 6.45) is 0.244. The number of hydrogen-bond acceptors (Lipinski definition) is 10. The maximum Gasteiger partial charge on any atom is 0.514 e. The summed E-state index contributed by atoms with van der Waals surface area (Å²) in [5, 5.41) is 22.0. The Kier molecular flexibility index (Phi) is 9.12. The van der Waals surface area contributed by atoms with Crippen LogP contribution in [0.4, 0.5) is 10.5 Å². The Labute approximate surface area is 194 Å². The van der Waals surface area contributed by atoms with E-state index in [1.54, 1.807) is 12.1 Å². The van der Waals surface area contributed by atoms with E-state index in [0.717, 1.165) is 19.3 Å². The lowest BCUT2D eigenvalue weighted by Crippen LogP contribution is -2.30. The number of rotatable bonds is 11. The van der Waals surface area contributed by atoms with Gasteiger partial charge in [-0.2, -0.15) is 0 Å². The molecule has 0 amide bonds. The molecule has 0 N–H and O–H groups in total. The lowest BCUT2D eigenvalue weighted by molar-refractivity contribution is -0.564. The van der Waals surface area contributed by atoms with Gasteiger partial charge in [-0.15, -0.1) is 0 Å². The fourth-order valence-electron chi connectivity index (χ4n) is 3.08. The Bertz CT molecular complexity index is 959. The van der Waals surface area contributed by atoms with E-state index in [1.165, 1.54) is 36.4 Å². The van der Waals surface area contributed by atoms with Crippen molar-refractivity contribution in [2.24, 2.45) is 0 Å². The van der Waals surface area contributed by atoms with Crippen LogP contribution in [-0.4, -0.2) is 41.7 Å². The minimum absolute atomic E-state index is 0.0617. The molecule has 1 aliphatic rings. The quantitative estimate of drug-likeness (QED) is 0.152. The van der Waals surface area contributed by atoms with E-state index >= 15 is 0 Å². The van der Waals surface area contributed by atoms with E-state index in [1.807, 2.05) is 0 Å². The first-order chi connectivity index (χ1) is 16.4. The Morgan fingerprint density at radius 2 is 1.74 bits per heavy atom. The van der Waals surface area contributed by atoms with Gasteiger partial charge < -0.3 is 23.7 Å². The van der Waals surface area contributed by atoms with Gasteiger partial charge in [0.1, 0.15) is 18.1 Å². The molecule has 0 saturated carbocycles. The highest BCUT2D eigenvalue weighted by atomic mass is 16.7. The lowest BCUT2D eigenvalue weighted by atomic mass is 10.2. The summed E-state index contributed by atoms with van der Waals surface area (Å²) < 4.78 is 26.4. The van der Waals surface area contributed by atoms with E-state index in [0.29, 0.717) is 12.2 Å². The van der Waals surface area contributed by atoms with Crippen molar-refractivity contribution in [3.05, 3.63) is 74.3 Å². The first-order valence-corrected chi connectivity index (χ1v) is 10.6. The molecule has 1 saturated heterocycles. The third-order valence-corrected chi connectivity index (χ3v) is 4.84. The molecule has 182 valence electrons. The van der Waals surface area contributed by atoms with E-state index in [9.17, 15) is 25.0 Å². The van der Waals surface area contributed by atoms with Gasteiger partial charge in [-0.3, -0.25) is 20.2 Å². The first-order valence-electron chi connectivity index (χ1n) is 10.6. The minimum Gasteiger partial charge on any atom is -0.430 e. The largest absolute Gasteiger partial charge is 0.514 e. The van der Waals surface area contributed by atoms with Crippen LogP contribution in [0.15, 0.2) is 48.5 Å². The number of carbonyl (C=O) groups is 1. The summed E-state index contributed by atoms with van der Waals surface area (Å²) >= 11 is 0. The highest BCUT2D eigenvalue weighted by Gasteiger charge is 2.23. The number of nitro groups is 2. The van der Waals surface area contributed by atoms with Crippen molar-refractivity contribution in [2.75, 3.05) is 13.2 Å². The van der Waals surface area contributed by atoms with Gasteiger partial charge in [0.2, 0.25) is 0 Å². The molecule has 34 heavy (non-hydrogen) atoms. The van der Waals surface area contributed by atoms with Crippen molar-refractivity contribution in [1.82, 2.24) is 0 Å². The molecule has 0 bridgehead atoms. The van der Waals surface area contributed by atoms with Crippen molar-refractivity contribution in [3.63, 3.8) is 0 Å². The molecule has 0 radical (unpaired) electrons. The highest BCUT2D eigenvalue weighted by Crippen LogP contribution is 2.20. The monoisotopic (exact) mass is 476 g/mol. The molecule has 12 heteroatoms. The number of ether oxygens (including phenoxy) is 5. The van der Waals surface area contributed by atoms with Gasteiger partial charge in [0.15, 0.2) is 6.29 Å². The molecule has 2 unspecified atom stereocenters. The van der Waals surface area contributed by atoms with Crippen molar-refractivity contribution in [2.45, 2.75) is 44.8 Å². The van der Waals surface area contributed by atoms with Crippen LogP contribution in [0.5, 0.6) is 11.5 Å². The Morgan fingerprint density at radius 1 is 1.03 bits per heavy atom. The zero-order valence-electron chi connectivity index (χ0n) is 18.2. The topological polar surface area (TPSA) is 150 Å². The molecule has 1 fully saturated rings. The van der Waals surface area contributed by atoms with Crippen LogP contribution >= 0.6 is 0 Å². The third-order valence-electron chi connectivity index (χ3n) is 4.84. The molecule has 12 nitrogen and oxygen atoms in total. The fourth-order valence-corrected chi connectivity index (χ4v) is 3.08. The number of hydrogen-bond donors (Lipinski definition) is 0. The smallest absolute Gasteiger partial charge is 0.430 e. The molecule has 3 rings (SSSR count). The molecule has 2 aromatic rings. The standard InChI is InChI=1S/C22H24N2O10/c25-22(34-19-10-6-17(7-11-19)23(26)27)32-15-16-4-8-18(9-5-16)33-20(24(28)29)12-14-31-21-3-1-2-13-30-21/h4-11,20-21H,1-3,12-15H2. The summed E-state index contributed by atoms with van der Waals surface area (Å²) in [6.45, 7) is 0.657. The normalized spacial score (nSPS) is 16.3. The van der Waals surface area contributed by atoms with E-state index < -0.39 is 22.2 Å². The maximum atomic E-state index is 11.8. The predicted octanol–water partition coefficient (Wildman–Crippen LogP) is 4.23. The summed E-state index contributed by atoms with van der Waals surface area (Å²) in [5.41, 5.74) is 0.469. The van der Waals surface area contributed by atoms with Gasteiger partial charge in [-0.05, 0) is 49.1 Å². The van der Waals surface area contributed by atoms with Gasteiger partial charge in [-0.1, -0.05) is 12.1 Å². The molecular formula is C22H24N2O10. The molecular weight excluding hydrogens is 452 g/mol. The number of carbonyl (C=O) groups excluding carboxylic acids is 1. The van der Waals surface area contributed by atoms with Crippen molar-refractivity contribution >= 4 is 11.8 Å².